The molecule has 2 aromatic rings. The van der Waals surface area contributed by atoms with Gasteiger partial charge in [0, 0.05) is 23.8 Å². The van der Waals surface area contributed by atoms with Gasteiger partial charge in [-0.15, -0.1) is 0 Å². The fourth-order valence-electron chi connectivity index (χ4n) is 3.55. The molecule has 1 aromatic carbocycles. The zero-order chi connectivity index (χ0) is 13.8. The molecular weight excluding hydrogens is 244 g/mol. The van der Waals surface area contributed by atoms with Crippen LogP contribution in [0.5, 0.6) is 0 Å². The van der Waals surface area contributed by atoms with Crippen molar-refractivity contribution >= 4 is 10.8 Å². The monoisotopic (exact) mass is 268 g/mol. The van der Waals surface area contributed by atoms with E-state index in [1.165, 1.54) is 54.9 Å². The van der Waals surface area contributed by atoms with E-state index in [0.29, 0.717) is 0 Å². The van der Waals surface area contributed by atoms with E-state index in [1.54, 1.807) is 0 Å². The van der Waals surface area contributed by atoms with Gasteiger partial charge < -0.3 is 5.73 Å². The summed E-state index contributed by atoms with van der Waals surface area (Å²) in [5.74, 6) is 0.805. The van der Waals surface area contributed by atoms with Crippen molar-refractivity contribution in [3.63, 3.8) is 0 Å². The maximum atomic E-state index is 6.52. The van der Waals surface area contributed by atoms with Crippen LogP contribution in [0.3, 0.4) is 0 Å². The highest BCUT2D eigenvalue weighted by atomic mass is 14.6. The van der Waals surface area contributed by atoms with Gasteiger partial charge in [-0.25, -0.2) is 0 Å². The highest BCUT2D eigenvalue weighted by Crippen LogP contribution is 2.32. The second kappa shape index (κ2) is 6.36. The highest BCUT2D eigenvalue weighted by molar-refractivity contribution is 5.85. The Bertz CT molecular complexity index is 551. The Balaban J connectivity index is 1.79. The molecule has 2 heteroatoms. The summed E-state index contributed by atoms with van der Waals surface area (Å²) in [6.07, 6.45) is 13.2. The van der Waals surface area contributed by atoms with Crippen LogP contribution in [0.4, 0.5) is 0 Å². The lowest BCUT2D eigenvalue weighted by atomic mass is 9.88. The molecule has 2 nitrogen and oxygen atoms in total. The van der Waals surface area contributed by atoms with Crippen LogP contribution in [-0.2, 0) is 0 Å². The number of hydrogen-bond acceptors (Lipinski definition) is 2. The van der Waals surface area contributed by atoms with Crippen LogP contribution in [-0.4, -0.2) is 4.98 Å². The summed E-state index contributed by atoms with van der Waals surface area (Å²) in [7, 11) is 0. The van der Waals surface area contributed by atoms with E-state index in [-0.39, 0.29) is 6.04 Å². The number of benzene rings is 1. The minimum Gasteiger partial charge on any atom is -0.324 e. The Hall–Kier alpha value is -1.41. The lowest BCUT2D eigenvalue weighted by molar-refractivity contribution is 0.394. The zero-order valence-electron chi connectivity index (χ0n) is 12.1. The van der Waals surface area contributed by atoms with Gasteiger partial charge in [0.2, 0.25) is 0 Å². The molecule has 1 saturated carbocycles. The molecule has 1 heterocycles. The van der Waals surface area contributed by atoms with Crippen molar-refractivity contribution in [2.24, 2.45) is 11.7 Å². The highest BCUT2D eigenvalue weighted by Gasteiger charge is 2.18. The molecule has 20 heavy (non-hydrogen) atoms. The van der Waals surface area contributed by atoms with Crippen molar-refractivity contribution in [1.82, 2.24) is 4.98 Å². The molecule has 0 bridgehead atoms. The first-order chi connectivity index (χ1) is 9.84. The SMILES string of the molecule is NC(CC1CCCCCC1)c1cccc2ccncc12. The molecule has 0 saturated heterocycles. The Morgan fingerprint density at radius 3 is 2.70 bits per heavy atom. The van der Waals surface area contributed by atoms with E-state index < -0.39 is 0 Å². The van der Waals surface area contributed by atoms with Gasteiger partial charge in [-0.1, -0.05) is 56.7 Å². The average Bonchev–Trinajstić information content (AvgIpc) is 2.75. The van der Waals surface area contributed by atoms with Crippen LogP contribution >= 0.6 is 0 Å². The molecule has 2 N–H and O–H groups in total. The van der Waals surface area contributed by atoms with Crippen molar-refractivity contribution in [3.05, 3.63) is 42.2 Å². The van der Waals surface area contributed by atoms with Crippen LogP contribution in [0.25, 0.3) is 10.8 Å². The molecular formula is C18H24N2. The van der Waals surface area contributed by atoms with Crippen LogP contribution in [0.15, 0.2) is 36.7 Å². The van der Waals surface area contributed by atoms with Gasteiger partial charge in [-0.3, -0.25) is 4.98 Å². The van der Waals surface area contributed by atoms with Gasteiger partial charge in [-0.05, 0) is 29.4 Å². The molecule has 0 amide bonds. The number of rotatable bonds is 3. The molecule has 1 aliphatic rings. The predicted octanol–water partition coefficient (Wildman–Crippen LogP) is 4.60. The van der Waals surface area contributed by atoms with Gasteiger partial charge in [-0.2, -0.15) is 0 Å². The van der Waals surface area contributed by atoms with Gasteiger partial charge in [0.05, 0.1) is 0 Å². The van der Waals surface area contributed by atoms with E-state index in [0.717, 1.165) is 12.3 Å². The number of aromatic nitrogens is 1. The Morgan fingerprint density at radius 2 is 1.90 bits per heavy atom. The molecule has 1 atom stereocenters. The Labute approximate surface area is 121 Å². The standard InChI is InChI=1S/C18H24N2/c19-18(12-14-6-3-1-2-4-7-14)16-9-5-8-15-10-11-20-13-17(15)16/h5,8-11,13-14,18H,1-4,6-7,12,19H2. The first-order valence-electron chi connectivity index (χ1n) is 7.93. The second-order valence-corrected chi connectivity index (χ2v) is 6.14. The average molecular weight is 268 g/mol. The summed E-state index contributed by atoms with van der Waals surface area (Å²) < 4.78 is 0. The molecule has 1 unspecified atom stereocenters. The lowest BCUT2D eigenvalue weighted by Crippen LogP contribution is -2.15. The Morgan fingerprint density at radius 1 is 1.10 bits per heavy atom. The normalized spacial score (nSPS) is 18.9. The minimum atomic E-state index is 0.144. The molecule has 0 spiro atoms. The van der Waals surface area contributed by atoms with Crippen molar-refractivity contribution in [2.45, 2.75) is 51.0 Å². The number of fused-ring (bicyclic) bond motifs is 1. The molecule has 1 fully saturated rings. The summed E-state index contributed by atoms with van der Waals surface area (Å²) in [6.45, 7) is 0. The second-order valence-electron chi connectivity index (χ2n) is 6.14. The van der Waals surface area contributed by atoms with E-state index in [4.69, 9.17) is 5.73 Å². The molecule has 0 radical (unpaired) electrons. The van der Waals surface area contributed by atoms with Crippen molar-refractivity contribution in [3.8, 4) is 0 Å². The first kappa shape index (κ1) is 13.6. The molecule has 3 rings (SSSR count). The topological polar surface area (TPSA) is 38.9 Å². The Kier molecular flexibility index (Phi) is 4.31. The summed E-state index contributed by atoms with van der Waals surface area (Å²) in [5.41, 5.74) is 7.78. The summed E-state index contributed by atoms with van der Waals surface area (Å²) in [5, 5.41) is 2.46. The van der Waals surface area contributed by atoms with E-state index >= 15 is 0 Å². The number of nitrogens with zero attached hydrogens (tertiary/aromatic N) is 1. The number of hydrogen-bond donors (Lipinski definition) is 1. The van der Waals surface area contributed by atoms with Crippen molar-refractivity contribution in [1.29, 1.82) is 0 Å². The van der Waals surface area contributed by atoms with Crippen molar-refractivity contribution in [2.75, 3.05) is 0 Å². The predicted molar refractivity (Wildman–Crippen MR) is 84.5 cm³/mol. The van der Waals surface area contributed by atoms with Crippen LogP contribution < -0.4 is 5.73 Å². The molecule has 1 aromatic heterocycles. The fourth-order valence-corrected chi connectivity index (χ4v) is 3.55. The van der Waals surface area contributed by atoms with Gasteiger partial charge in [0.1, 0.15) is 0 Å². The maximum Gasteiger partial charge on any atom is 0.0349 e. The van der Waals surface area contributed by atoms with Gasteiger partial charge in [0.25, 0.3) is 0 Å². The summed E-state index contributed by atoms with van der Waals surface area (Å²) >= 11 is 0. The third-order valence-corrected chi connectivity index (χ3v) is 4.68. The third kappa shape index (κ3) is 3.01. The van der Waals surface area contributed by atoms with Crippen LogP contribution in [0.1, 0.15) is 56.6 Å². The van der Waals surface area contributed by atoms with Gasteiger partial charge >= 0.3 is 0 Å². The smallest absolute Gasteiger partial charge is 0.0349 e. The van der Waals surface area contributed by atoms with Crippen LogP contribution in [0, 0.1) is 5.92 Å². The molecule has 0 aliphatic heterocycles. The first-order valence-corrected chi connectivity index (χ1v) is 7.93. The molecule has 1 aliphatic carbocycles. The van der Waals surface area contributed by atoms with Crippen LogP contribution in [0.2, 0.25) is 0 Å². The third-order valence-electron chi connectivity index (χ3n) is 4.68. The lowest BCUT2D eigenvalue weighted by Gasteiger charge is -2.20. The summed E-state index contributed by atoms with van der Waals surface area (Å²) in [6, 6.07) is 8.64. The zero-order valence-corrected chi connectivity index (χ0v) is 12.1. The fraction of sp³-hybridized carbons (Fsp3) is 0.500. The van der Waals surface area contributed by atoms with E-state index in [9.17, 15) is 0 Å². The summed E-state index contributed by atoms with van der Waals surface area (Å²) in [4.78, 5) is 4.26. The van der Waals surface area contributed by atoms with Crippen molar-refractivity contribution < 1.29 is 0 Å². The number of pyridine rings is 1. The maximum absolute atomic E-state index is 6.52. The minimum absolute atomic E-state index is 0.144. The van der Waals surface area contributed by atoms with E-state index in [1.807, 2.05) is 12.4 Å². The number of nitrogens with two attached hydrogens (primary N) is 1. The largest absolute Gasteiger partial charge is 0.324 e. The quantitative estimate of drug-likeness (QED) is 0.826. The van der Waals surface area contributed by atoms with E-state index in [2.05, 4.69) is 29.2 Å². The molecule has 106 valence electrons. The van der Waals surface area contributed by atoms with Gasteiger partial charge in [0.15, 0.2) is 0 Å².